The molecule has 2 aromatic rings. The molecule has 1 atom stereocenters. The van der Waals surface area contributed by atoms with Crippen LogP contribution in [0.3, 0.4) is 0 Å². The Kier molecular flexibility index (Phi) is 4.94. The number of ether oxygens (including phenoxy) is 1. The van der Waals surface area contributed by atoms with E-state index in [4.69, 9.17) is 10.00 Å². The highest BCUT2D eigenvalue weighted by Crippen LogP contribution is 2.28. The molecule has 0 spiro atoms. The van der Waals surface area contributed by atoms with E-state index in [1.54, 1.807) is 6.92 Å². The standard InChI is InChI=1S/C17H16N6O3/c1-2-26-16(24)14-12(9-23-10-19-13(8-18)22-23)20-17(25)21-15(14)11-6-4-3-5-7-11/h3-7,10,15H,2,9H2,1H3,(H2,20,21,25). The van der Waals surface area contributed by atoms with Crippen LogP contribution in [0.2, 0.25) is 0 Å². The second-order valence-electron chi connectivity index (χ2n) is 5.43. The number of nitrogens with zero attached hydrogens (tertiary/aromatic N) is 4. The Labute approximate surface area is 149 Å². The van der Waals surface area contributed by atoms with Crippen LogP contribution >= 0.6 is 0 Å². The van der Waals surface area contributed by atoms with Crippen molar-refractivity contribution in [3.63, 3.8) is 0 Å². The summed E-state index contributed by atoms with van der Waals surface area (Å²) in [6, 6.07) is 9.86. The average Bonchev–Trinajstić information content (AvgIpc) is 3.09. The summed E-state index contributed by atoms with van der Waals surface area (Å²) in [4.78, 5) is 28.5. The lowest BCUT2D eigenvalue weighted by molar-refractivity contribution is -0.139. The van der Waals surface area contributed by atoms with Gasteiger partial charge < -0.3 is 15.4 Å². The zero-order chi connectivity index (χ0) is 18.5. The van der Waals surface area contributed by atoms with Crippen molar-refractivity contribution >= 4 is 12.0 Å². The quantitative estimate of drug-likeness (QED) is 0.775. The molecule has 1 aliphatic heterocycles. The Hall–Kier alpha value is -3.67. The van der Waals surface area contributed by atoms with Crippen molar-refractivity contribution in [2.24, 2.45) is 0 Å². The van der Waals surface area contributed by atoms with E-state index in [2.05, 4.69) is 20.7 Å². The molecule has 0 radical (unpaired) electrons. The molecule has 1 unspecified atom stereocenters. The number of amides is 2. The van der Waals surface area contributed by atoms with E-state index >= 15 is 0 Å². The summed E-state index contributed by atoms with van der Waals surface area (Å²) in [7, 11) is 0. The molecule has 9 heteroatoms. The molecule has 1 aromatic carbocycles. The summed E-state index contributed by atoms with van der Waals surface area (Å²) < 4.78 is 6.55. The maximum atomic E-state index is 12.6. The van der Waals surface area contributed by atoms with E-state index in [1.807, 2.05) is 36.4 Å². The smallest absolute Gasteiger partial charge is 0.338 e. The van der Waals surface area contributed by atoms with Crippen LogP contribution in [0.5, 0.6) is 0 Å². The Morgan fingerprint density at radius 1 is 1.38 bits per heavy atom. The Balaban J connectivity index is 2.04. The van der Waals surface area contributed by atoms with Gasteiger partial charge in [0.2, 0.25) is 0 Å². The molecule has 26 heavy (non-hydrogen) atoms. The molecule has 0 saturated carbocycles. The first kappa shape index (κ1) is 17.2. The Morgan fingerprint density at radius 3 is 2.81 bits per heavy atom. The van der Waals surface area contributed by atoms with Gasteiger partial charge in [0, 0.05) is 0 Å². The number of benzene rings is 1. The number of nitrogens with one attached hydrogen (secondary N) is 2. The van der Waals surface area contributed by atoms with E-state index in [-0.39, 0.29) is 24.5 Å². The van der Waals surface area contributed by atoms with Gasteiger partial charge in [-0.3, -0.25) is 0 Å². The van der Waals surface area contributed by atoms with Gasteiger partial charge >= 0.3 is 12.0 Å². The second-order valence-corrected chi connectivity index (χ2v) is 5.43. The summed E-state index contributed by atoms with van der Waals surface area (Å²) in [5.74, 6) is -0.535. The molecule has 1 aliphatic rings. The van der Waals surface area contributed by atoms with Crippen molar-refractivity contribution in [1.29, 1.82) is 5.26 Å². The highest BCUT2D eigenvalue weighted by molar-refractivity contribution is 5.95. The molecule has 2 heterocycles. The minimum atomic E-state index is -0.655. The zero-order valence-corrected chi connectivity index (χ0v) is 14.0. The van der Waals surface area contributed by atoms with Crippen molar-refractivity contribution in [2.75, 3.05) is 6.61 Å². The van der Waals surface area contributed by atoms with Gasteiger partial charge in [-0.25, -0.2) is 19.3 Å². The number of urea groups is 1. The minimum absolute atomic E-state index is 0.00292. The number of esters is 1. The molecule has 2 N–H and O–H groups in total. The number of aromatic nitrogens is 3. The molecule has 1 aromatic heterocycles. The van der Waals surface area contributed by atoms with Crippen molar-refractivity contribution < 1.29 is 14.3 Å². The summed E-state index contributed by atoms with van der Waals surface area (Å²) in [6.45, 7) is 1.98. The van der Waals surface area contributed by atoms with Crippen LogP contribution in [0.15, 0.2) is 47.9 Å². The van der Waals surface area contributed by atoms with Crippen LogP contribution in [-0.2, 0) is 16.1 Å². The van der Waals surface area contributed by atoms with E-state index in [0.29, 0.717) is 5.70 Å². The molecule has 132 valence electrons. The van der Waals surface area contributed by atoms with Gasteiger partial charge in [0.05, 0.1) is 30.5 Å². The van der Waals surface area contributed by atoms with Crippen molar-refractivity contribution in [3.05, 3.63) is 59.3 Å². The summed E-state index contributed by atoms with van der Waals surface area (Å²) in [5, 5.41) is 18.2. The lowest BCUT2D eigenvalue weighted by Gasteiger charge is -2.29. The van der Waals surface area contributed by atoms with Gasteiger partial charge in [-0.1, -0.05) is 30.3 Å². The van der Waals surface area contributed by atoms with Crippen LogP contribution < -0.4 is 10.6 Å². The third kappa shape index (κ3) is 3.54. The lowest BCUT2D eigenvalue weighted by Crippen LogP contribution is -2.46. The first-order valence-electron chi connectivity index (χ1n) is 7.94. The average molecular weight is 352 g/mol. The van der Waals surface area contributed by atoms with E-state index in [1.165, 1.54) is 11.0 Å². The van der Waals surface area contributed by atoms with Gasteiger partial charge in [0.1, 0.15) is 12.4 Å². The SMILES string of the molecule is CCOC(=O)C1=C(Cn2cnc(C#N)n2)NC(=O)NC1c1ccccc1. The van der Waals surface area contributed by atoms with Crippen LogP contribution in [-0.4, -0.2) is 33.4 Å². The van der Waals surface area contributed by atoms with Crippen molar-refractivity contribution in [2.45, 2.75) is 19.5 Å². The molecule has 0 saturated heterocycles. The highest BCUT2D eigenvalue weighted by Gasteiger charge is 2.33. The Bertz CT molecular complexity index is 897. The third-order valence-electron chi connectivity index (χ3n) is 3.74. The number of rotatable bonds is 5. The van der Waals surface area contributed by atoms with Crippen LogP contribution in [0.25, 0.3) is 0 Å². The van der Waals surface area contributed by atoms with Crippen molar-refractivity contribution in [1.82, 2.24) is 25.4 Å². The number of allylic oxidation sites excluding steroid dienone is 1. The normalized spacial score (nSPS) is 16.5. The summed E-state index contributed by atoms with van der Waals surface area (Å²) in [6.07, 6.45) is 1.36. The van der Waals surface area contributed by atoms with Crippen LogP contribution in [0.1, 0.15) is 24.4 Å². The molecule has 9 nitrogen and oxygen atoms in total. The molecule has 0 aliphatic carbocycles. The van der Waals surface area contributed by atoms with E-state index < -0.39 is 18.0 Å². The zero-order valence-electron chi connectivity index (χ0n) is 14.0. The third-order valence-corrected chi connectivity index (χ3v) is 3.74. The fourth-order valence-corrected chi connectivity index (χ4v) is 2.67. The number of hydrogen-bond donors (Lipinski definition) is 2. The molecular weight excluding hydrogens is 336 g/mol. The Morgan fingerprint density at radius 2 is 2.15 bits per heavy atom. The van der Waals surface area contributed by atoms with Gasteiger partial charge in [-0.05, 0) is 12.5 Å². The number of carbonyl (C=O) groups excluding carboxylic acids is 2. The highest BCUT2D eigenvalue weighted by atomic mass is 16.5. The fraction of sp³-hybridized carbons (Fsp3) is 0.235. The molecule has 0 bridgehead atoms. The lowest BCUT2D eigenvalue weighted by atomic mass is 9.95. The van der Waals surface area contributed by atoms with Crippen LogP contribution in [0.4, 0.5) is 4.79 Å². The van der Waals surface area contributed by atoms with E-state index in [0.717, 1.165) is 5.56 Å². The first-order chi connectivity index (χ1) is 12.6. The van der Waals surface area contributed by atoms with E-state index in [9.17, 15) is 9.59 Å². The number of nitriles is 1. The molecule has 2 amide bonds. The van der Waals surface area contributed by atoms with Gasteiger partial charge in [0.25, 0.3) is 5.82 Å². The summed E-state index contributed by atoms with van der Waals surface area (Å²) in [5.41, 5.74) is 1.38. The summed E-state index contributed by atoms with van der Waals surface area (Å²) >= 11 is 0. The minimum Gasteiger partial charge on any atom is -0.463 e. The first-order valence-corrected chi connectivity index (χ1v) is 7.94. The monoisotopic (exact) mass is 352 g/mol. The fourth-order valence-electron chi connectivity index (χ4n) is 2.67. The van der Waals surface area contributed by atoms with Gasteiger partial charge in [0.15, 0.2) is 0 Å². The van der Waals surface area contributed by atoms with Gasteiger partial charge in [-0.2, -0.15) is 5.26 Å². The van der Waals surface area contributed by atoms with Crippen LogP contribution in [0, 0.1) is 11.3 Å². The number of hydrogen-bond acceptors (Lipinski definition) is 6. The maximum Gasteiger partial charge on any atom is 0.338 e. The number of carbonyl (C=O) groups is 2. The predicted molar refractivity (Wildman–Crippen MR) is 89.2 cm³/mol. The molecular formula is C17H16N6O3. The predicted octanol–water partition coefficient (Wildman–Crippen LogP) is 1.02. The van der Waals surface area contributed by atoms with Crippen molar-refractivity contribution in [3.8, 4) is 6.07 Å². The van der Waals surface area contributed by atoms with Gasteiger partial charge in [-0.15, -0.1) is 5.10 Å². The topological polar surface area (TPSA) is 122 Å². The second kappa shape index (κ2) is 7.48. The molecule has 3 rings (SSSR count). The molecule has 0 fully saturated rings. The largest absolute Gasteiger partial charge is 0.463 e. The maximum absolute atomic E-state index is 12.6.